The molecule has 2 rings (SSSR count). The highest BCUT2D eigenvalue weighted by molar-refractivity contribution is 7.92. The Labute approximate surface area is 197 Å². The van der Waals surface area contributed by atoms with Crippen molar-refractivity contribution in [2.24, 2.45) is 0 Å². The van der Waals surface area contributed by atoms with Gasteiger partial charge in [-0.1, -0.05) is 36.4 Å². The summed E-state index contributed by atoms with van der Waals surface area (Å²) >= 11 is 0. The quantitative estimate of drug-likeness (QED) is 0.575. The van der Waals surface area contributed by atoms with Crippen LogP contribution in [0, 0.1) is 13.8 Å². The lowest BCUT2D eigenvalue weighted by atomic mass is 10.1. The van der Waals surface area contributed by atoms with Crippen LogP contribution in [0.15, 0.2) is 48.5 Å². The Hall–Kier alpha value is -2.87. The van der Waals surface area contributed by atoms with E-state index in [0.717, 1.165) is 27.3 Å². The molecule has 0 saturated heterocycles. The molecule has 0 aliphatic rings. The van der Waals surface area contributed by atoms with E-state index >= 15 is 0 Å². The molecule has 0 radical (unpaired) electrons. The molecule has 0 aromatic heterocycles. The van der Waals surface area contributed by atoms with Gasteiger partial charge < -0.3 is 10.2 Å². The zero-order valence-electron chi connectivity index (χ0n) is 20.3. The number of amides is 2. The van der Waals surface area contributed by atoms with Crippen molar-refractivity contribution < 1.29 is 18.0 Å². The van der Waals surface area contributed by atoms with Gasteiger partial charge in [0.1, 0.15) is 12.6 Å². The molecular weight excluding hydrogens is 438 g/mol. The van der Waals surface area contributed by atoms with E-state index in [2.05, 4.69) is 5.32 Å². The van der Waals surface area contributed by atoms with Crippen LogP contribution in [-0.4, -0.2) is 56.6 Å². The van der Waals surface area contributed by atoms with Gasteiger partial charge in [0.25, 0.3) is 0 Å². The SMILES string of the molecule is Cc1ccc(N(CC(=O)N(CCc2ccccc2)[C@H](C)C(=O)NC(C)C)S(C)(=O)=O)cc1C. The van der Waals surface area contributed by atoms with E-state index in [1.54, 1.807) is 19.1 Å². The molecule has 0 bridgehead atoms. The maximum absolute atomic E-state index is 13.4. The van der Waals surface area contributed by atoms with Crippen molar-refractivity contribution in [3.8, 4) is 0 Å². The van der Waals surface area contributed by atoms with E-state index in [1.165, 1.54) is 4.90 Å². The molecule has 2 aromatic carbocycles. The maximum atomic E-state index is 13.4. The normalized spacial score (nSPS) is 12.3. The molecule has 0 heterocycles. The number of sulfonamides is 1. The summed E-state index contributed by atoms with van der Waals surface area (Å²) in [5.41, 5.74) is 3.42. The molecule has 33 heavy (non-hydrogen) atoms. The van der Waals surface area contributed by atoms with Crippen LogP contribution in [0.4, 0.5) is 5.69 Å². The summed E-state index contributed by atoms with van der Waals surface area (Å²) < 4.78 is 26.3. The van der Waals surface area contributed by atoms with E-state index < -0.39 is 22.0 Å². The summed E-state index contributed by atoms with van der Waals surface area (Å²) in [4.78, 5) is 27.6. The molecule has 0 unspecified atom stereocenters. The number of aryl methyl sites for hydroxylation is 2. The lowest BCUT2D eigenvalue weighted by molar-refractivity contribution is -0.139. The average Bonchev–Trinajstić information content (AvgIpc) is 2.73. The van der Waals surface area contributed by atoms with Crippen LogP contribution >= 0.6 is 0 Å². The van der Waals surface area contributed by atoms with Gasteiger partial charge in [0, 0.05) is 12.6 Å². The van der Waals surface area contributed by atoms with Gasteiger partial charge >= 0.3 is 0 Å². The van der Waals surface area contributed by atoms with Crippen molar-refractivity contribution >= 4 is 27.5 Å². The molecule has 1 atom stereocenters. The number of rotatable bonds is 10. The van der Waals surface area contributed by atoms with Crippen LogP contribution in [0.3, 0.4) is 0 Å². The standard InChI is InChI=1S/C25H35N3O4S/c1-18(2)26-25(30)21(5)27(15-14-22-10-8-7-9-11-22)24(29)17-28(33(6,31)32)23-13-12-19(3)20(4)16-23/h7-13,16,18,21H,14-15,17H2,1-6H3,(H,26,30)/t21-/m1/s1. The average molecular weight is 474 g/mol. The van der Waals surface area contributed by atoms with Crippen molar-refractivity contribution in [2.45, 2.75) is 53.1 Å². The third-order valence-electron chi connectivity index (χ3n) is 5.54. The fourth-order valence-electron chi connectivity index (χ4n) is 3.47. The lowest BCUT2D eigenvalue weighted by Crippen LogP contribution is -2.53. The zero-order valence-corrected chi connectivity index (χ0v) is 21.1. The predicted octanol–water partition coefficient (Wildman–Crippen LogP) is 3.05. The number of anilines is 1. The molecule has 0 aliphatic heterocycles. The number of hydrogen-bond acceptors (Lipinski definition) is 4. The highest BCUT2D eigenvalue weighted by Gasteiger charge is 2.30. The number of nitrogens with zero attached hydrogens (tertiary/aromatic N) is 2. The van der Waals surface area contributed by atoms with Crippen LogP contribution in [0.1, 0.15) is 37.5 Å². The zero-order chi connectivity index (χ0) is 24.8. The first-order valence-corrected chi connectivity index (χ1v) is 12.9. The van der Waals surface area contributed by atoms with Gasteiger partial charge in [-0.25, -0.2) is 8.42 Å². The number of benzene rings is 2. The molecule has 1 N–H and O–H groups in total. The summed E-state index contributed by atoms with van der Waals surface area (Å²) in [6, 6.07) is 14.1. The second-order valence-corrected chi connectivity index (χ2v) is 10.6. The largest absolute Gasteiger partial charge is 0.352 e. The second kappa shape index (κ2) is 11.3. The van der Waals surface area contributed by atoms with Gasteiger partial charge in [-0.05, 0) is 69.9 Å². The first kappa shape index (κ1) is 26.4. The minimum absolute atomic E-state index is 0.0749. The summed E-state index contributed by atoms with van der Waals surface area (Å²) in [6.45, 7) is 9.12. The summed E-state index contributed by atoms with van der Waals surface area (Å²) in [6.07, 6.45) is 1.63. The van der Waals surface area contributed by atoms with Gasteiger partial charge in [-0.2, -0.15) is 0 Å². The van der Waals surface area contributed by atoms with Gasteiger partial charge in [0.2, 0.25) is 21.8 Å². The molecule has 0 fully saturated rings. The molecule has 0 aliphatic carbocycles. The Kier molecular flexibility index (Phi) is 9.05. The fraction of sp³-hybridized carbons (Fsp3) is 0.440. The van der Waals surface area contributed by atoms with Crippen molar-refractivity contribution in [3.63, 3.8) is 0 Å². The Morgan fingerprint density at radius 1 is 0.970 bits per heavy atom. The minimum atomic E-state index is -3.72. The van der Waals surface area contributed by atoms with Crippen molar-refractivity contribution in [1.82, 2.24) is 10.2 Å². The third-order valence-corrected chi connectivity index (χ3v) is 6.68. The molecule has 0 saturated carbocycles. The molecule has 7 nitrogen and oxygen atoms in total. The van der Waals surface area contributed by atoms with Crippen LogP contribution in [0.2, 0.25) is 0 Å². The van der Waals surface area contributed by atoms with E-state index in [0.29, 0.717) is 18.7 Å². The highest BCUT2D eigenvalue weighted by Crippen LogP contribution is 2.22. The first-order chi connectivity index (χ1) is 15.4. The van der Waals surface area contributed by atoms with Crippen LogP contribution in [0.25, 0.3) is 0 Å². The summed E-state index contributed by atoms with van der Waals surface area (Å²) in [5.74, 6) is -0.704. The summed E-state index contributed by atoms with van der Waals surface area (Å²) in [5, 5.41) is 2.84. The van der Waals surface area contributed by atoms with Crippen LogP contribution in [0.5, 0.6) is 0 Å². The van der Waals surface area contributed by atoms with E-state index in [4.69, 9.17) is 0 Å². The fourth-order valence-corrected chi connectivity index (χ4v) is 4.31. The van der Waals surface area contributed by atoms with E-state index in [9.17, 15) is 18.0 Å². The number of nitrogens with one attached hydrogen (secondary N) is 1. The monoisotopic (exact) mass is 473 g/mol. The topological polar surface area (TPSA) is 86.8 Å². The lowest BCUT2D eigenvalue weighted by Gasteiger charge is -2.32. The first-order valence-electron chi connectivity index (χ1n) is 11.1. The molecular formula is C25H35N3O4S. The number of carbonyl (C=O) groups is 2. The van der Waals surface area contributed by atoms with Gasteiger partial charge in [0.05, 0.1) is 11.9 Å². The molecule has 180 valence electrons. The van der Waals surface area contributed by atoms with Crippen molar-refractivity contribution in [2.75, 3.05) is 23.7 Å². The van der Waals surface area contributed by atoms with Gasteiger partial charge in [-0.15, -0.1) is 0 Å². The van der Waals surface area contributed by atoms with Gasteiger partial charge in [-0.3, -0.25) is 13.9 Å². The highest BCUT2D eigenvalue weighted by atomic mass is 32.2. The Balaban J connectivity index is 2.33. The molecule has 8 heteroatoms. The summed E-state index contributed by atoms with van der Waals surface area (Å²) in [7, 11) is -3.72. The third kappa shape index (κ3) is 7.60. The maximum Gasteiger partial charge on any atom is 0.244 e. The van der Waals surface area contributed by atoms with E-state index in [1.807, 2.05) is 64.1 Å². The second-order valence-electron chi connectivity index (χ2n) is 8.70. The van der Waals surface area contributed by atoms with Crippen LogP contribution in [-0.2, 0) is 26.0 Å². The van der Waals surface area contributed by atoms with Crippen molar-refractivity contribution in [1.29, 1.82) is 0 Å². The minimum Gasteiger partial charge on any atom is -0.352 e. The molecule has 2 aromatic rings. The number of hydrogen-bond donors (Lipinski definition) is 1. The van der Waals surface area contributed by atoms with Crippen molar-refractivity contribution in [3.05, 3.63) is 65.2 Å². The predicted molar refractivity (Wildman–Crippen MR) is 133 cm³/mol. The van der Waals surface area contributed by atoms with E-state index in [-0.39, 0.29) is 18.5 Å². The molecule has 0 spiro atoms. The van der Waals surface area contributed by atoms with Gasteiger partial charge in [0.15, 0.2) is 0 Å². The number of carbonyl (C=O) groups excluding carboxylic acids is 2. The Morgan fingerprint density at radius 2 is 1.61 bits per heavy atom. The molecule has 2 amide bonds. The smallest absolute Gasteiger partial charge is 0.244 e. The Bertz CT molecular complexity index is 1070. The van der Waals surface area contributed by atoms with Crippen LogP contribution < -0.4 is 9.62 Å². The Morgan fingerprint density at radius 3 is 2.15 bits per heavy atom.